The van der Waals surface area contributed by atoms with Crippen molar-refractivity contribution in [3.05, 3.63) is 46.5 Å². The third-order valence-electron chi connectivity index (χ3n) is 8.64. The second-order valence-corrected chi connectivity index (χ2v) is 10.2. The number of methoxy groups -OCH3 is 4. The number of hydrogen-bond donors (Lipinski definition) is 1. The van der Waals surface area contributed by atoms with Crippen molar-refractivity contribution in [2.24, 2.45) is 11.8 Å². The summed E-state index contributed by atoms with van der Waals surface area (Å²) in [5, 5.41) is 3.83. The van der Waals surface area contributed by atoms with Gasteiger partial charge in [0.2, 0.25) is 0 Å². The largest absolute Gasteiger partial charge is 0.493 e. The van der Waals surface area contributed by atoms with Crippen molar-refractivity contribution >= 4 is 0 Å². The molecule has 2 aromatic rings. The van der Waals surface area contributed by atoms with Crippen LogP contribution >= 0.6 is 0 Å². The molecule has 1 saturated heterocycles. The average Bonchev–Trinajstić information content (AvgIpc) is 2.91. The summed E-state index contributed by atoms with van der Waals surface area (Å²) in [7, 11) is 6.90. The first-order chi connectivity index (χ1) is 17.1. The van der Waals surface area contributed by atoms with Crippen LogP contribution in [0.2, 0.25) is 0 Å². The van der Waals surface area contributed by atoms with E-state index in [0.717, 1.165) is 55.4 Å². The predicted molar refractivity (Wildman–Crippen MR) is 138 cm³/mol. The van der Waals surface area contributed by atoms with Crippen LogP contribution in [0.1, 0.15) is 60.5 Å². The summed E-state index contributed by atoms with van der Waals surface area (Å²) in [5.41, 5.74) is 5.60. The number of nitrogens with one attached hydrogen (secondary N) is 1. The van der Waals surface area contributed by atoms with E-state index in [1.54, 1.807) is 28.4 Å². The van der Waals surface area contributed by atoms with Crippen LogP contribution < -0.4 is 24.3 Å². The van der Waals surface area contributed by atoms with E-state index in [4.69, 9.17) is 18.9 Å². The molecule has 1 fully saturated rings. The molecule has 1 N–H and O–H groups in total. The fraction of sp³-hybridized carbons (Fsp3) is 0.586. The minimum absolute atomic E-state index is 0.345. The normalized spacial score (nSPS) is 25.7. The Balaban J connectivity index is 1.43. The van der Waals surface area contributed by atoms with Crippen LogP contribution in [0, 0.1) is 11.8 Å². The van der Waals surface area contributed by atoms with E-state index in [0.29, 0.717) is 23.9 Å². The molecule has 0 bridgehead atoms. The topological polar surface area (TPSA) is 52.2 Å². The van der Waals surface area contributed by atoms with E-state index in [-0.39, 0.29) is 0 Å². The SMILES string of the molecule is CC[C@H]1CN2CCc3cc(OC)c(OC)cc3[C@@H]2C[C@@H]1CC1NCCc2cc(OC)c(OC)cc21. The number of piperidine rings is 1. The highest BCUT2D eigenvalue weighted by Gasteiger charge is 2.40. The highest BCUT2D eigenvalue weighted by molar-refractivity contribution is 5.50. The van der Waals surface area contributed by atoms with Crippen molar-refractivity contribution in [3.8, 4) is 23.0 Å². The molecule has 3 heterocycles. The van der Waals surface area contributed by atoms with Gasteiger partial charge in [0.15, 0.2) is 23.0 Å². The molecule has 6 nitrogen and oxygen atoms in total. The molecule has 0 radical (unpaired) electrons. The van der Waals surface area contributed by atoms with Crippen LogP contribution in [0.4, 0.5) is 0 Å². The van der Waals surface area contributed by atoms with Crippen LogP contribution in [-0.2, 0) is 12.8 Å². The highest BCUT2D eigenvalue weighted by Crippen LogP contribution is 2.48. The van der Waals surface area contributed by atoms with Gasteiger partial charge in [0, 0.05) is 25.2 Å². The first-order valence-electron chi connectivity index (χ1n) is 13.1. The maximum absolute atomic E-state index is 5.68. The van der Waals surface area contributed by atoms with Gasteiger partial charge in [0.25, 0.3) is 0 Å². The molecule has 2 aromatic carbocycles. The summed E-state index contributed by atoms with van der Waals surface area (Å²) in [6.45, 7) is 5.66. The van der Waals surface area contributed by atoms with Gasteiger partial charge in [-0.15, -0.1) is 0 Å². The fourth-order valence-electron chi connectivity index (χ4n) is 6.74. The molecule has 3 aliphatic heterocycles. The lowest BCUT2D eigenvalue weighted by atomic mass is 9.72. The van der Waals surface area contributed by atoms with Crippen LogP contribution in [-0.4, -0.2) is 53.0 Å². The number of ether oxygens (including phenoxy) is 4. The van der Waals surface area contributed by atoms with Crippen molar-refractivity contribution in [2.75, 3.05) is 48.1 Å². The molecule has 3 aliphatic rings. The Labute approximate surface area is 209 Å². The maximum atomic E-state index is 5.68. The molecular formula is C29H40N2O4. The quantitative estimate of drug-likeness (QED) is 0.606. The van der Waals surface area contributed by atoms with Gasteiger partial charge in [0.1, 0.15) is 0 Å². The molecular weight excluding hydrogens is 440 g/mol. The van der Waals surface area contributed by atoms with Gasteiger partial charge in [-0.25, -0.2) is 0 Å². The standard InChI is InChI=1S/C29H40N2O4/c1-6-18-17-31-10-8-20-14-27(33-3)29(35-5)16-23(20)25(31)12-21(18)11-24-22-15-28(34-4)26(32-2)13-19(22)7-9-30-24/h13-16,18,21,24-25,30H,6-12,17H2,1-5H3/t18-,21-,24?,25-/m0/s1. The molecule has 0 amide bonds. The van der Waals surface area contributed by atoms with Crippen LogP contribution in [0.25, 0.3) is 0 Å². The van der Waals surface area contributed by atoms with Gasteiger partial charge in [-0.2, -0.15) is 0 Å². The number of hydrogen-bond acceptors (Lipinski definition) is 6. The summed E-state index contributed by atoms with van der Waals surface area (Å²) in [4.78, 5) is 2.72. The van der Waals surface area contributed by atoms with E-state index in [1.165, 1.54) is 41.6 Å². The molecule has 35 heavy (non-hydrogen) atoms. The Hall–Kier alpha value is -2.44. The fourth-order valence-corrected chi connectivity index (χ4v) is 6.74. The average molecular weight is 481 g/mol. The van der Waals surface area contributed by atoms with Crippen molar-refractivity contribution in [3.63, 3.8) is 0 Å². The van der Waals surface area contributed by atoms with E-state index in [2.05, 4.69) is 41.4 Å². The predicted octanol–water partition coefficient (Wildman–Crippen LogP) is 4.94. The monoisotopic (exact) mass is 480 g/mol. The smallest absolute Gasteiger partial charge is 0.161 e. The van der Waals surface area contributed by atoms with Gasteiger partial charge in [-0.3, -0.25) is 4.90 Å². The number of rotatable bonds is 7. The van der Waals surface area contributed by atoms with E-state index < -0.39 is 0 Å². The Kier molecular flexibility index (Phi) is 7.12. The van der Waals surface area contributed by atoms with Crippen LogP contribution in [0.3, 0.4) is 0 Å². The number of nitrogens with zero attached hydrogens (tertiary/aromatic N) is 1. The van der Waals surface area contributed by atoms with Gasteiger partial charge in [-0.05, 0) is 90.6 Å². The lowest BCUT2D eigenvalue weighted by Gasteiger charge is -2.48. The molecule has 0 aliphatic carbocycles. The van der Waals surface area contributed by atoms with E-state index >= 15 is 0 Å². The summed E-state index contributed by atoms with van der Waals surface area (Å²) < 4.78 is 22.5. The maximum Gasteiger partial charge on any atom is 0.161 e. The first kappa shape index (κ1) is 24.3. The second-order valence-electron chi connectivity index (χ2n) is 10.2. The summed E-state index contributed by atoms with van der Waals surface area (Å²) >= 11 is 0. The Morgan fingerprint density at radius 2 is 1.40 bits per heavy atom. The van der Waals surface area contributed by atoms with Gasteiger partial charge >= 0.3 is 0 Å². The third kappa shape index (κ3) is 4.47. The van der Waals surface area contributed by atoms with Crippen molar-refractivity contribution in [1.82, 2.24) is 10.2 Å². The summed E-state index contributed by atoms with van der Waals surface area (Å²) in [5.74, 6) is 4.69. The highest BCUT2D eigenvalue weighted by atomic mass is 16.5. The van der Waals surface area contributed by atoms with E-state index in [9.17, 15) is 0 Å². The van der Waals surface area contributed by atoms with Gasteiger partial charge in [-0.1, -0.05) is 13.3 Å². The van der Waals surface area contributed by atoms with Crippen molar-refractivity contribution < 1.29 is 18.9 Å². The van der Waals surface area contributed by atoms with Gasteiger partial charge < -0.3 is 24.3 Å². The number of benzene rings is 2. The zero-order valence-electron chi connectivity index (χ0n) is 21.9. The molecule has 4 atom stereocenters. The van der Waals surface area contributed by atoms with Crippen molar-refractivity contribution in [2.45, 2.75) is 51.1 Å². The molecule has 0 saturated carbocycles. The molecule has 190 valence electrons. The lowest BCUT2D eigenvalue weighted by molar-refractivity contribution is 0.0434. The first-order valence-corrected chi connectivity index (χ1v) is 13.1. The molecule has 0 aromatic heterocycles. The minimum Gasteiger partial charge on any atom is -0.493 e. The second kappa shape index (κ2) is 10.3. The van der Waals surface area contributed by atoms with Crippen LogP contribution in [0.15, 0.2) is 24.3 Å². The zero-order valence-corrected chi connectivity index (χ0v) is 21.9. The Bertz CT molecular complexity index is 1050. The Morgan fingerprint density at radius 3 is 2.03 bits per heavy atom. The molecule has 0 spiro atoms. The molecule has 5 rings (SSSR count). The van der Waals surface area contributed by atoms with Gasteiger partial charge in [0.05, 0.1) is 28.4 Å². The van der Waals surface area contributed by atoms with Crippen molar-refractivity contribution in [1.29, 1.82) is 0 Å². The van der Waals surface area contributed by atoms with E-state index in [1.807, 2.05) is 0 Å². The Morgan fingerprint density at radius 1 is 0.800 bits per heavy atom. The summed E-state index contributed by atoms with van der Waals surface area (Å²) in [6, 6.07) is 9.61. The summed E-state index contributed by atoms with van der Waals surface area (Å²) in [6.07, 6.45) is 5.65. The molecule has 6 heteroatoms. The third-order valence-corrected chi connectivity index (χ3v) is 8.64. The lowest BCUT2D eigenvalue weighted by Crippen LogP contribution is -2.46. The zero-order chi connectivity index (χ0) is 24.5. The molecule has 1 unspecified atom stereocenters. The van der Waals surface area contributed by atoms with Crippen LogP contribution in [0.5, 0.6) is 23.0 Å². The minimum atomic E-state index is 0.345. The number of fused-ring (bicyclic) bond motifs is 4.